The summed E-state index contributed by atoms with van der Waals surface area (Å²) >= 11 is 0. The van der Waals surface area contributed by atoms with E-state index in [1.807, 2.05) is 19.0 Å². The highest BCUT2D eigenvalue weighted by atomic mass is 16.3. The molecule has 4 aliphatic carbocycles. The second kappa shape index (κ2) is 9.57. The molecule has 0 aliphatic heterocycles. The number of aliphatic hydroxyl groups is 3. The number of anilines is 1. The van der Waals surface area contributed by atoms with Crippen LogP contribution < -0.4 is 10.6 Å². The van der Waals surface area contributed by atoms with E-state index in [0.717, 1.165) is 24.1 Å². The normalized spacial score (nSPS) is 28.9. The summed E-state index contributed by atoms with van der Waals surface area (Å²) in [6.45, 7) is 2.78. The number of Topliss-reactive ketones (excluding diaryl/α,β-unsaturated/α-hetero) is 2. The first-order valence-electron chi connectivity index (χ1n) is 14.0. The highest BCUT2D eigenvalue weighted by Gasteiger charge is 2.63. The molecule has 4 atom stereocenters. The van der Waals surface area contributed by atoms with Crippen LogP contribution in [-0.2, 0) is 22.6 Å². The summed E-state index contributed by atoms with van der Waals surface area (Å²) in [5.74, 6) is -6.51. The maximum atomic E-state index is 14.0. The third-order valence-corrected chi connectivity index (χ3v) is 9.98. The Labute approximate surface area is 239 Å². The number of carbonyl (C=O) groups is 3. The summed E-state index contributed by atoms with van der Waals surface area (Å²) in [5, 5.41) is 45.4. The van der Waals surface area contributed by atoms with Gasteiger partial charge in [-0.05, 0) is 83.3 Å². The van der Waals surface area contributed by atoms with Crippen LogP contribution in [0.1, 0.15) is 54.1 Å². The van der Waals surface area contributed by atoms with E-state index in [2.05, 4.69) is 18.9 Å². The zero-order valence-electron chi connectivity index (χ0n) is 24.5. The van der Waals surface area contributed by atoms with Crippen LogP contribution in [-0.4, -0.2) is 100 Å². The molecule has 11 nitrogen and oxygen atoms in total. The van der Waals surface area contributed by atoms with Gasteiger partial charge in [0.25, 0.3) is 5.91 Å². The number of ketones is 2. The molecule has 4 aliphatic rings. The molecule has 0 unspecified atom stereocenters. The van der Waals surface area contributed by atoms with Gasteiger partial charge in [0, 0.05) is 43.4 Å². The lowest BCUT2D eigenvalue weighted by Gasteiger charge is -2.50. The zero-order valence-corrected chi connectivity index (χ0v) is 24.5. The van der Waals surface area contributed by atoms with Gasteiger partial charge >= 0.3 is 0 Å². The minimum atomic E-state index is -2.65. The predicted molar refractivity (Wildman–Crippen MR) is 152 cm³/mol. The number of phenols is 1. The first kappa shape index (κ1) is 29.1. The molecule has 11 heteroatoms. The number of hydrogen-bond acceptors (Lipinski definition) is 10. The molecule has 0 spiro atoms. The fraction of sp³-hybridized carbons (Fsp3) is 0.567. The number of nitrogens with zero attached hydrogens (tertiary/aromatic N) is 3. The minimum Gasteiger partial charge on any atom is -0.510 e. The van der Waals surface area contributed by atoms with Crippen molar-refractivity contribution in [3.63, 3.8) is 0 Å². The van der Waals surface area contributed by atoms with E-state index in [-0.39, 0.29) is 35.3 Å². The molecule has 1 amide bonds. The molecule has 0 bridgehead atoms. The van der Waals surface area contributed by atoms with E-state index in [0.29, 0.717) is 12.1 Å². The number of aliphatic hydroxyl groups excluding tert-OH is 2. The minimum absolute atomic E-state index is 0.0238. The molecule has 0 radical (unpaired) electrons. The second-order valence-electron chi connectivity index (χ2n) is 12.8. The van der Waals surface area contributed by atoms with Gasteiger partial charge in [-0.25, -0.2) is 0 Å². The van der Waals surface area contributed by atoms with E-state index in [1.165, 1.54) is 6.42 Å². The van der Waals surface area contributed by atoms with Gasteiger partial charge in [-0.3, -0.25) is 24.2 Å². The van der Waals surface area contributed by atoms with Crippen molar-refractivity contribution in [3.8, 4) is 5.75 Å². The number of amides is 1. The lowest BCUT2D eigenvalue weighted by Crippen LogP contribution is -2.63. The van der Waals surface area contributed by atoms with Crippen molar-refractivity contribution < 1.29 is 34.8 Å². The molecule has 1 saturated carbocycles. The van der Waals surface area contributed by atoms with Crippen LogP contribution in [0, 0.1) is 11.8 Å². The number of phenolic OH excluding ortho intramolecular Hbond substituents is 1. The summed E-state index contributed by atoms with van der Waals surface area (Å²) in [6, 6.07) is 0.563. The molecule has 1 fully saturated rings. The van der Waals surface area contributed by atoms with Crippen LogP contribution >= 0.6 is 0 Å². The fourth-order valence-corrected chi connectivity index (χ4v) is 7.57. The van der Waals surface area contributed by atoms with Gasteiger partial charge in [-0.15, -0.1) is 0 Å². The van der Waals surface area contributed by atoms with E-state index >= 15 is 0 Å². The Kier molecular flexibility index (Phi) is 6.79. The highest BCUT2D eigenvalue weighted by Crippen LogP contribution is 2.53. The Morgan fingerprint density at radius 2 is 1.73 bits per heavy atom. The molecule has 1 aromatic rings. The number of benzene rings is 1. The van der Waals surface area contributed by atoms with Crippen molar-refractivity contribution >= 4 is 23.2 Å². The monoisotopic (exact) mass is 568 g/mol. The van der Waals surface area contributed by atoms with E-state index in [9.17, 15) is 34.8 Å². The lowest BCUT2D eigenvalue weighted by molar-refractivity contribution is -0.148. The van der Waals surface area contributed by atoms with Crippen LogP contribution in [0.2, 0.25) is 0 Å². The van der Waals surface area contributed by atoms with Crippen LogP contribution in [0.3, 0.4) is 0 Å². The van der Waals surface area contributed by atoms with Gasteiger partial charge in [-0.1, -0.05) is 0 Å². The number of fused-ring (bicyclic) bond motifs is 3. The van der Waals surface area contributed by atoms with Gasteiger partial charge in [0.1, 0.15) is 22.8 Å². The molecule has 6 N–H and O–H groups in total. The van der Waals surface area contributed by atoms with E-state index in [1.54, 1.807) is 25.1 Å². The van der Waals surface area contributed by atoms with Crippen molar-refractivity contribution in [3.05, 3.63) is 45.4 Å². The number of allylic oxidation sites excluding steroid dienone is 1. The van der Waals surface area contributed by atoms with Crippen molar-refractivity contribution in [2.75, 3.05) is 40.1 Å². The van der Waals surface area contributed by atoms with Gasteiger partial charge in [0.05, 0.1) is 11.6 Å². The van der Waals surface area contributed by atoms with Crippen LogP contribution in [0.15, 0.2) is 28.7 Å². The van der Waals surface area contributed by atoms with Crippen molar-refractivity contribution in [2.45, 2.75) is 62.8 Å². The summed E-state index contributed by atoms with van der Waals surface area (Å²) in [5.41, 5.74) is 4.18. The quantitative estimate of drug-likeness (QED) is 0.318. The molecule has 0 heterocycles. The smallest absolute Gasteiger partial charge is 0.255 e. The lowest BCUT2D eigenvalue weighted by atomic mass is 9.58. The molecular formula is C30H40N4O7. The number of primary amides is 1. The number of likely N-dealkylation sites (N-methyl/N-ethyl adjacent to an activating group) is 1. The summed E-state index contributed by atoms with van der Waals surface area (Å²) in [6.07, 6.45) is 3.65. The third-order valence-electron chi connectivity index (χ3n) is 9.98. The Hall–Kier alpha value is -3.41. The largest absolute Gasteiger partial charge is 0.510 e. The number of aromatic hydroxyl groups is 1. The SMILES string of the molecule is CN(C)c1c(CN(C)C2(C)CCC2)cc(O)c2c1C[C@H]1C[C@H]3[C@H](N(C)C)C(O)=C(C(N)=O)C(=O)[C@@]3(O)C(O)=C1C2=O. The summed E-state index contributed by atoms with van der Waals surface area (Å²) in [4.78, 5) is 45.4. The maximum absolute atomic E-state index is 14.0. The number of hydrogen-bond donors (Lipinski definition) is 5. The molecule has 222 valence electrons. The standard InChI is InChI=1S/C30H40N4O7/c1-29(8-7-9-29)34(6)13-15-12-18(35)20-16(22(15)32(2)3)10-14-11-17-23(33(4)5)25(37)21(28(31)40)27(39)30(17,41)26(38)19(14)24(20)36/h12,14,17,23,35,37-38,41H,7-11,13H2,1-6H3,(H2,31,40)/t14-,17-,23-,30-/m0/s1. The molecule has 5 rings (SSSR count). The summed E-state index contributed by atoms with van der Waals surface area (Å²) < 4.78 is 0. The number of rotatable bonds is 6. The molecule has 0 aromatic heterocycles. The Morgan fingerprint density at radius 3 is 2.24 bits per heavy atom. The summed E-state index contributed by atoms with van der Waals surface area (Å²) in [7, 11) is 9.04. The van der Waals surface area contributed by atoms with Crippen molar-refractivity contribution in [2.24, 2.45) is 17.6 Å². The molecule has 1 aromatic carbocycles. The Morgan fingerprint density at radius 1 is 1.10 bits per heavy atom. The first-order valence-corrected chi connectivity index (χ1v) is 14.0. The van der Waals surface area contributed by atoms with Crippen LogP contribution in [0.5, 0.6) is 5.75 Å². The Balaban J connectivity index is 1.66. The van der Waals surface area contributed by atoms with Crippen LogP contribution in [0.25, 0.3) is 0 Å². The second-order valence-corrected chi connectivity index (χ2v) is 12.8. The van der Waals surface area contributed by atoms with E-state index in [4.69, 9.17) is 5.73 Å². The maximum Gasteiger partial charge on any atom is 0.255 e. The zero-order chi connectivity index (χ0) is 30.3. The number of nitrogens with two attached hydrogens (primary N) is 1. The van der Waals surface area contributed by atoms with Gasteiger partial charge in [0.15, 0.2) is 11.4 Å². The average molecular weight is 569 g/mol. The Bertz CT molecular complexity index is 1420. The highest BCUT2D eigenvalue weighted by molar-refractivity contribution is 6.24. The number of carbonyl (C=O) groups excluding carboxylic acids is 3. The van der Waals surface area contributed by atoms with E-state index < -0.39 is 58.0 Å². The van der Waals surface area contributed by atoms with Crippen LogP contribution in [0.4, 0.5) is 5.69 Å². The fourth-order valence-electron chi connectivity index (χ4n) is 7.57. The first-order chi connectivity index (χ1) is 19.1. The average Bonchev–Trinajstić information content (AvgIpc) is 2.83. The van der Waals surface area contributed by atoms with Crippen molar-refractivity contribution in [1.82, 2.24) is 9.80 Å². The van der Waals surface area contributed by atoms with Gasteiger partial charge in [0.2, 0.25) is 5.78 Å². The topological polar surface area (TPSA) is 168 Å². The van der Waals surface area contributed by atoms with Crippen molar-refractivity contribution in [1.29, 1.82) is 0 Å². The molecular weight excluding hydrogens is 528 g/mol. The molecule has 0 saturated heterocycles. The van der Waals surface area contributed by atoms with Gasteiger partial charge in [-0.2, -0.15) is 0 Å². The van der Waals surface area contributed by atoms with Gasteiger partial charge < -0.3 is 31.1 Å². The molecule has 41 heavy (non-hydrogen) atoms. The third kappa shape index (κ3) is 4.00. The predicted octanol–water partition coefficient (Wildman–Crippen LogP) is 1.56.